The SMILES string of the molecule is Cc1ccc(C#CCCCl)cc1C#N. The summed E-state index contributed by atoms with van der Waals surface area (Å²) in [5, 5.41) is 8.80. The van der Waals surface area contributed by atoms with Crippen molar-refractivity contribution >= 4 is 11.6 Å². The van der Waals surface area contributed by atoms with Gasteiger partial charge in [-0.25, -0.2) is 0 Å². The van der Waals surface area contributed by atoms with Crippen molar-refractivity contribution in [3.8, 4) is 17.9 Å². The zero-order valence-electron chi connectivity index (χ0n) is 7.97. The number of alkyl halides is 1. The van der Waals surface area contributed by atoms with Crippen LogP contribution >= 0.6 is 11.6 Å². The van der Waals surface area contributed by atoms with E-state index in [0.29, 0.717) is 17.9 Å². The summed E-state index contributed by atoms with van der Waals surface area (Å²) in [6.45, 7) is 1.91. The van der Waals surface area contributed by atoms with Gasteiger partial charge in [0.2, 0.25) is 0 Å². The molecule has 2 heteroatoms. The third-order valence-corrected chi connectivity index (χ3v) is 2.00. The van der Waals surface area contributed by atoms with Crippen LogP contribution in [-0.2, 0) is 0 Å². The molecule has 0 saturated heterocycles. The second kappa shape index (κ2) is 5.32. The van der Waals surface area contributed by atoms with Crippen molar-refractivity contribution in [2.24, 2.45) is 0 Å². The molecule has 0 heterocycles. The van der Waals surface area contributed by atoms with E-state index in [1.807, 2.05) is 19.1 Å². The Morgan fingerprint density at radius 1 is 1.43 bits per heavy atom. The van der Waals surface area contributed by atoms with Crippen LogP contribution in [0, 0.1) is 30.1 Å². The minimum Gasteiger partial charge on any atom is -0.192 e. The summed E-state index contributed by atoms with van der Waals surface area (Å²) in [6.07, 6.45) is 0.678. The Labute approximate surface area is 89.3 Å². The predicted molar refractivity (Wildman–Crippen MR) is 58.1 cm³/mol. The lowest BCUT2D eigenvalue weighted by atomic mass is 10.1. The average Bonchev–Trinajstić information content (AvgIpc) is 2.21. The van der Waals surface area contributed by atoms with Crippen LogP contribution < -0.4 is 0 Å². The third kappa shape index (κ3) is 2.80. The molecule has 14 heavy (non-hydrogen) atoms. The molecule has 0 aromatic heterocycles. The standard InChI is InChI=1S/C12H10ClN/c1-10-5-6-11(4-2-3-7-13)8-12(10)9-14/h5-6,8H,3,7H2,1H3. The molecule has 0 spiro atoms. The molecule has 70 valence electrons. The van der Waals surface area contributed by atoms with Gasteiger partial charge in [-0.15, -0.1) is 11.6 Å². The molecule has 1 aromatic rings. The number of halogens is 1. The fraction of sp³-hybridized carbons (Fsp3) is 0.250. The van der Waals surface area contributed by atoms with Crippen LogP contribution in [0.15, 0.2) is 18.2 Å². The lowest BCUT2D eigenvalue weighted by molar-refractivity contribution is 1.29. The van der Waals surface area contributed by atoms with Crippen molar-refractivity contribution < 1.29 is 0 Å². The van der Waals surface area contributed by atoms with E-state index in [1.165, 1.54) is 0 Å². The normalized spacial score (nSPS) is 8.64. The van der Waals surface area contributed by atoms with Crippen molar-refractivity contribution in [2.75, 3.05) is 5.88 Å². The zero-order valence-corrected chi connectivity index (χ0v) is 8.73. The van der Waals surface area contributed by atoms with E-state index in [2.05, 4.69) is 17.9 Å². The molecule has 0 saturated carbocycles. The van der Waals surface area contributed by atoms with Crippen molar-refractivity contribution in [1.82, 2.24) is 0 Å². The minimum absolute atomic E-state index is 0.546. The van der Waals surface area contributed by atoms with E-state index in [-0.39, 0.29) is 0 Å². The molecule has 0 aliphatic carbocycles. The molecule has 0 fully saturated rings. The summed E-state index contributed by atoms with van der Waals surface area (Å²) >= 11 is 5.50. The quantitative estimate of drug-likeness (QED) is 0.509. The van der Waals surface area contributed by atoms with Crippen LogP contribution in [0.4, 0.5) is 0 Å². The van der Waals surface area contributed by atoms with Gasteiger partial charge in [0, 0.05) is 17.9 Å². The summed E-state index contributed by atoms with van der Waals surface area (Å²) < 4.78 is 0. The van der Waals surface area contributed by atoms with Crippen LogP contribution in [-0.4, -0.2) is 5.88 Å². The first-order chi connectivity index (χ1) is 6.77. The summed E-state index contributed by atoms with van der Waals surface area (Å²) in [6, 6.07) is 7.75. The van der Waals surface area contributed by atoms with Crippen LogP contribution in [0.2, 0.25) is 0 Å². The molecule has 1 aromatic carbocycles. The highest BCUT2D eigenvalue weighted by Crippen LogP contribution is 2.08. The van der Waals surface area contributed by atoms with Gasteiger partial charge in [0.15, 0.2) is 0 Å². The number of nitrogens with zero attached hydrogens (tertiary/aromatic N) is 1. The summed E-state index contributed by atoms with van der Waals surface area (Å²) in [4.78, 5) is 0. The van der Waals surface area contributed by atoms with Gasteiger partial charge >= 0.3 is 0 Å². The van der Waals surface area contributed by atoms with Crippen molar-refractivity contribution in [1.29, 1.82) is 5.26 Å². The van der Waals surface area contributed by atoms with Crippen LogP contribution in [0.1, 0.15) is 23.1 Å². The molecule has 0 atom stereocenters. The zero-order chi connectivity index (χ0) is 10.4. The van der Waals surface area contributed by atoms with Crippen molar-refractivity contribution in [2.45, 2.75) is 13.3 Å². The van der Waals surface area contributed by atoms with Gasteiger partial charge in [0.1, 0.15) is 0 Å². The number of aryl methyl sites for hydroxylation is 1. The van der Waals surface area contributed by atoms with Crippen LogP contribution in [0.5, 0.6) is 0 Å². The Balaban J connectivity index is 2.93. The first-order valence-corrected chi connectivity index (χ1v) is 4.87. The number of hydrogen-bond donors (Lipinski definition) is 0. The predicted octanol–water partition coefficient (Wildman–Crippen LogP) is 2.85. The highest BCUT2D eigenvalue weighted by Gasteiger charge is 1.96. The largest absolute Gasteiger partial charge is 0.192 e. The molecular formula is C12H10ClN. The van der Waals surface area contributed by atoms with Crippen LogP contribution in [0.25, 0.3) is 0 Å². The minimum atomic E-state index is 0.546. The summed E-state index contributed by atoms with van der Waals surface area (Å²) in [7, 11) is 0. The van der Waals surface area contributed by atoms with Gasteiger partial charge in [-0.1, -0.05) is 17.9 Å². The lowest BCUT2D eigenvalue weighted by Crippen LogP contribution is -1.83. The smallest absolute Gasteiger partial charge is 0.0994 e. The van der Waals surface area contributed by atoms with E-state index in [9.17, 15) is 0 Å². The molecule has 0 unspecified atom stereocenters. The highest BCUT2D eigenvalue weighted by atomic mass is 35.5. The molecular weight excluding hydrogens is 194 g/mol. The first kappa shape index (κ1) is 10.6. The fourth-order valence-electron chi connectivity index (χ4n) is 1.03. The van der Waals surface area contributed by atoms with E-state index < -0.39 is 0 Å². The Morgan fingerprint density at radius 3 is 2.86 bits per heavy atom. The number of rotatable bonds is 1. The molecule has 0 amide bonds. The molecule has 1 rings (SSSR count). The molecule has 0 N–H and O–H groups in total. The fourth-order valence-corrected chi connectivity index (χ4v) is 1.13. The number of nitriles is 1. The van der Waals surface area contributed by atoms with Crippen molar-refractivity contribution in [3.63, 3.8) is 0 Å². The van der Waals surface area contributed by atoms with Crippen LogP contribution in [0.3, 0.4) is 0 Å². The third-order valence-electron chi connectivity index (χ3n) is 1.81. The monoisotopic (exact) mass is 203 g/mol. The second-order valence-corrected chi connectivity index (χ2v) is 3.26. The number of benzene rings is 1. The average molecular weight is 204 g/mol. The maximum absolute atomic E-state index is 8.80. The number of hydrogen-bond acceptors (Lipinski definition) is 1. The molecule has 0 radical (unpaired) electrons. The maximum Gasteiger partial charge on any atom is 0.0994 e. The summed E-state index contributed by atoms with van der Waals surface area (Å²) in [5.74, 6) is 6.44. The summed E-state index contributed by atoms with van der Waals surface area (Å²) in [5.41, 5.74) is 2.54. The van der Waals surface area contributed by atoms with Gasteiger partial charge in [-0.3, -0.25) is 0 Å². The topological polar surface area (TPSA) is 23.8 Å². The molecule has 0 aliphatic heterocycles. The van der Waals surface area contributed by atoms with Gasteiger partial charge in [0.25, 0.3) is 0 Å². The van der Waals surface area contributed by atoms with Gasteiger partial charge in [0.05, 0.1) is 11.6 Å². The maximum atomic E-state index is 8.80. The molecule has 1 nitrogen and oxygen atoms in total. The van der Waals surface area contributed by atoms with E-state index in [4.69, 9.17) is 16.9 Å². The lowest BCUT2D eigenvalue weighted by Gasteiger charge is -1.96. The van der Waals surface area contributed by atoms with Gasteiger partial charge < -0.3 is 0 Å². The van der Waals surface area contributed by atoms with E-state index in [1.54, 1.807) is 6.07 Å². The van der Waals surface area contributed by atoms with E-state index >= 15 is 0 Å². The Hall–Kier alpha value is -1.44. The second-order valence-electron chi connectivity index (χ2n) is 2.88. The first-order valence-electron chi connectivity index (χ1n) is 4.33. The van der Waals surface area contributed by atoms with Gasteiger partial charge in [-0.05, 0) is 24.6 Å². The highest BCUT2D eigenvalue weighted by molar-refractivity contribution is 6.18. The van der Waals surface area contributed by atoms with Crippen molar-refractivity contribution in [3.05, 3.63) is 34.9 Å². The molecule has 0 aliphatic rings. The van der Waals surface area contributed by atoms with Gasteiger partial charge in [-0.2, -0.15) is 5.26 Å². The van der Waals surface area contributed by atoms with E-state index in [0.717, 1.165) is 11.1 Å². The molecule has 0 bridgehead atoms. The Morgan fingerprint density at radius 2 is 2.21 bits per heavy atom. The Bertz CT molecular complexity index is 418. The Kier molecular flexibility index (Phi) is 4.05.